The number of nitrogens with two attached hydrogens (primary N) is 1. The molecule has 0 atom stereocenters. The van der Waals surface area contributed by atoms with Gasteiger partial charge in [-0.25, -0.2) is 8.42 Å². The van der Waals surface area contributed by atoms with Crippen LogP contribution >= 0.6 is 11.3 Å². The molecule has 1 aliphatic heterocycles. The molecule has 2 aromatic carbocycles. The number of nitrogens with zero attached hydrogens (tertiary/aromatic N) is 1. The Morgan fingerprint density at radius 1 is 0.914 bits per heavy atom. The van der Waals surface area contributed by atoms with E-state index >= 15 is 0 Å². The van der Waals surface area contributed by atoms with E-state index in [1.807, 2.05) is 24.3 Å². The van der Waals surface area contributed by atoms with Crippen LogP contribution in [-0.4, -0.2) is 31.1 Å². The van der Waals surface area contributed by atoms with Crippen molar-refractivity contribution in [2.75, 3.05) is 11.9 Å². The minimum Gasteiger partial charge on any atom is -0.365 e. The highest BCUT2D eigenvalue weighted by Crippen LogP contribution is 2.37. The SMILES string of the molecule is NC(=O)c1c(NC(=O)c2ccc(S(=O)(=O)N3CCc4ccccc4C3)cc2)sc2c1CCCCC2. The second kappa shape index (κ2) is 9.56. The zero-order valence-electron chi connectivity index (χ0n) is 19.2. The third-order valence-corrected chi connectivity index (χ3v) is 9.81. The molecule has 35 heavy (non-hydrogen) atoms. The number of benzene rings is 2. The summed E-state index contributed by atoms with van der Waals surface area (Å²) in [5.41, 5.74) is 9.52. The largest absolute Gasteiger partial charge is 0.365 e. The van der Waals surface area contributed by atoms with Crippen molar-refractivity contribution in [2.45, 2.75) is 50.0 Å². The van der Waals surface area contributed by atoms with Crippen LogP contribution < -0.4 is 11.1 Å². The first kappa shape index (κ1) is 23.7. The Labute approximate surface area is 209 Å². The predicted octanol–water partition coefficient (Wildman–Crippen LogP) is 4.12. The van der Waals surface area contributed by atoms with Gasteiger partial charge in [-0.2, -0.15) is 4.31 Å². The maximum Gasteiger partial charge on any atom is 0.256 e. The summed E-state index contributed by atoms with van der Waals surface area (Å²) in [4.78, 5) is 26.4. The van der Waals surface area contributed by atoms with Gasteiger partial charge in [-0.1, -0.05) is 30.7 Å². The molecule has 2 amide bonds. The van der Waals surface area contributed by atoms with Gasteiger partial charge in [-0.15, -0.1) is 11.3 Å². The number of carbonyl (C=O) groups is 2. The number of hydrogen-bond donors (Lipinski definition) is 2. The predicted molar refractivity (Wildman–Crippen MR) is 136 cm³/mol. The first-order chi connectivity index (χ1) is 16.8. The summed E-state index contributed by atoms with van der Waals surface area (Å²) < 4.78 is 27.9. The van der Waals surface area contributed by atoms with Crippen LogP contribution in [0.2, 0.25) is 0 Å². The second-order valence-electron chi connectivity index (χ2n) is 8.97. The Balaban J connectivity index is 1.34. The molecule has 5 rings (SSSR count). The topological polar surface area (TPSA) is 110 Å². The maximum atomic E-state index is 13.2. The van der Waals surface area contributed by atoms with Crippen molar-refractivity contribution in [1.29, 1.82) is 0 Å². The first-order valence-corrected chi connectivity index (χ1v) is 14.0. The first-order valence-electron chi connectivity index (χ1n) is 11.8. The molecule has 0 fully saturated rings. The fourth-order valence-electron chi connectivity index (χ4n) is 4.87. The van der Waals surface area contributed by atoms with Gasteiger partial charge < -0.3 is 11.1 Å². The summed E-state index contributed by atoms with van der Waals surface area (Å²) in [5, 5.41) is 3.31. The Hall–Kier alpha value is -3.01. The number of primary amides is 1. The van der Waals surface area contributed by atoms with Gasteiger partial charge in [0, 0.05) is 23.5 Å². The van der Waals surface area contributed by atoms with Gasteiger partial charge in [0.25, 0.3) is 11.8 Å². The summed E-state index contributed by atoms with van der Waals surface area (Å²) in [5.74, 6) is -0.941. The van der Waals surface area contributed by atoms with E-state index in [2.05, 4.69) is 5.32 Å². The number of sulfonamides is 1. The molecule has 9 heteroatoms. The van der Waals surface area contributed by atoms with Gasteiger partial charge in [0.15, 0.2) is 0 Å². The summed E-state index contributed by atoms with van der Waals surface area (Å²) in [6.45, 7) is 0.750. The van der Waals surface area contributed by atoms with Crippen LogP contribution in [0.25, 0.3) is 0 Å². The van der Waals surface area contributed by atoms with Gasteiger partial charge in [-0.05, 0) is 73.1 Å². The van der Waals surface area contributed by atoms with Crippen molar-refractivity contribution in [3.63, 3.8) is 0 Å². The van der Waals surface area contributed by atoms with Crippen LogP contribution in [-0.2, 0) is 35.8 Å². The van der Waals surface area contributed by atoms with E-state index in [1.54, 1.807) is 0 Å². The Morgan fingerprint density at radius 3 is 2.37 bits per heavy atom. The number of thiophene rings is 1. The minimum atomic E-state index is -3.69. The van der Waals surface area contributed by atoms with Crippen molar-refractivity contribution < 1.29 is 18.0 Å². The van der Waals surface area contributed by atoms with E-state index in [-0.39, 0.29) is 4.90 Å². The molecule has 0 radical (unpaired) electrons. The quantitative estimate of drug-likeness (QED) is 0.504. The summed E-state index contributed by atoms with van der Waals surface area (Å²) in [6.07, 6.45) is 5.49. The molecule has 1 aromatic heterocycles. The minimum absolute atomic E-state index is 0.147. The molecule has 0 saturated carbocycles. The number of anilines is 1. The Bertz CT molecular complexity index is 1390. The van der Waals surface area contributed by atoms with Crippen molar-refractivity contribution in [3.05, 3.63) is 81.2 Å². The molecule has 1 aliphatic carbocycles. The number of amides is 2. The fraction of sp³-hybridized carbons (Fsp3) is 0.308. The lowest BCUT2D eigenvalue weighted by Crippen LogP contribution is -2.35. The van der Waals surface area contributed by atoms with E-state index in [0.29, 0.717) is 35.6 Å². The van der Waals surface area contributed by atoms with Crippen molar-refractivity contribution in [1.82, 2.24) is 4.31 Å². The molecule has 2 aliphatic rings. The van der Waals surface area contributed by atoms with Crippen molar-refractivity contribution in [2.24, 2.45) is 5.73 Å². The highest BCUT2D eigenvalue weighted by Gasteiger charge is 2.29. The number of nitrogens with one attached hydrogen (secondary N) is 1. The van der Waals surface area contributed by atoms with Crippen LogP contribution in [0.15, 0.2) is 53.4 Å². The average molecular weight is 510 g/mol. The highest BCUT2D eigenvalue weighted by atomic mass is 32.2. The summed E-state index contributed by atoms with van der Waals surface area (Å²) >= 11 is 1.41. The molecule has 182 valence electrons. The van der Waals surface area contributed by atoms with Gasteiger partial charge in [-0.3, -0.25) is 9.59 Å². The third-order valence-electron chi connectivity index (χ3n) is 6.74. The summed E-state index contributed by atoms with van der Waals surface area (Å²) in [6, 6.07) is 13.8. The highest BCUT2D eigenvalue weighted by molar-refractivity contribution is 7.89. The lowest BCUT2D eigenvalue weighted by molar-refractivity contribution is 0.100. The fourth-order valence-corrected chi connectivity index (χ4v) is 7.58. The lowest BCUT2D eigenvalue weighted by Gasteiger charge is -2.28. The van der Waals surface area contributed by atoms with Crippen LogP contribution in [0.5, 0.6) is 0 Å². The monoisotopic (exact) mass is 509 g/mol. The molecule has 0 unspecified atom stereocenters. The lowest BCUT2D eigenvalue weighted by atomic mass is 10.0. The molecule has 0 bridgehead atoms. The summed E-state index contributed by atoms with van der Waals surface area (Å²) in [7, 11) is -3.69. The zero-order chi connectivity index (χ0) is 24.6. The van der Waals surface area contributed by atoms with Gasteiger partial charge in [0.1, 0.15) is 5.00 Å². The normalized spacial score (nSPS) is 16.1. The molecule has 7 nitrogen and oxygen atoms in total. The number of hydrogen-bond acceptors (Lipinski definition) is 5. The molecule has 3 N–H and O–H groups in total. The van der Waals surface area contributed by atoms with Crippen molar-refractivity contribution in [3.8, 4) is 0 Å². The molecular formula is C26H27N3O4S2. The number of rotatable bonds is 5. The van der Waals surface area contributed by atoms with Crippen molar-refractivity contribution >= 4 is 38.2 Å². The molecule has 3 aromatic rings. The number of aryl methyl sites for hydroxylation is 1. The van der Waals surface area contributed by atoms with Crippen LogP contribution in [0, 0.1) is 0 Å². The number of fused-ring (bicyclic) bond motifs is 2. The van der Waals surface area contributed by atoms with Crippen LogP contribution in [0.1, 0.15) is 61.5 Å². The molecule has 2 heterocycles. The van der Waals surface area contributed by atoms with E-state index in [9.17, 15) is 18.0 Å². The van der Waals surface area contributed by atoms with Crippen LogP contribution in [0.3, 0.4) is 0 Å². The zero-order valence-corrected chi connectivity index (χ0v) is 20.9. The standard InChI is InChI=1S/C26H27N3O4S2/c27-24(30)23-21-8-2-1-3-9-22(21)34-26(23)28-25(31)18-10-12-20(13-11-18)35(32,33)29-15-14-17-6-4-5-7-19(17)16-29/h4-7,10-13H,1-3,8-9,14-16H2,(H2,27,30)(H,28,31). The van der Waals surface area contributed by atoms with E-state index < -0.39 is 21.8 Å². The van der Waals surface area contributed by atoms with E-state index in [1.165, 1.54) is 45.5 Å². The Kier molecular flexibility index (Phi) is 6.48. The maximum absolute atomic E-state index is 13.2. The number of carbonyl (C=O) groups excluding carboxylic acids is 2. The van der Waals surface area contributed by atoms with Gasteiger partial charge in [0.05, 0.1) is 10.5 Å². The third kappa shape index (κ3) is 4.63. The van der Waals surface area contributed by atoms with E-state index in [4.69, 9.17) is 5.73 Å². The van der Waals surface area contributed by atoms with Gasteiger partial charge in [0.2, 0.25) is 10.0 Å². The van der Waals surface area contributed by atoms with E-state index in [0.717, 1.165) is 48.1 Å². The van der Waals surface area contributed by atoms with Gasteiger partial charge >= 0.3 is 0 Å². The smallest absolute Gasteiger partial charge is 0.256 e. The average Bonchev–Trinajstić information content (AvgIpc) is 3.04. The molecular weight excluding hydrogens is 482 g/mol. The Morgan fingerprint density at radius 2 is 1.63 bits per heavy atom. The molecule has 0 saturated heterocycles. The second-order valence-corrected chi connectivity index (χ2v) is 12.0. The molecule has 0 spiro atoms. The van der Waals surface area contributed by atoms with Crippen LogP contribution in [0.4, 0.5) is 5.00 Å².